The van der Waals surface area contributed by atoms with Crippen LogP contribution >= 0.6 is 0 Å². The molecule has 37 heavy (non-hydrogen) atoms. The van der Waals surface area contributed by atoms with Gasteiger partial charge in [0.15, 0.2) is 0 Å². The Hall–Kier alpha value is -4.27. The minimum absolute atomic E-state index is 0.108. The van der Waals surface area contributed by atoms with Crippen molar-refractivity contribution in [2.75, 3.05) is 6.61 Å². The lowest BCUT2D eigenvalue weighted by Gasteiger charge is -2.27. The molecule has 5 heteroatoms. The van der Waals surface area contributed by atoms with Crippen molar-refractivity contribution >= 4 is 5.91 Å². The first kappa shape index (κ1) is 25.8. The Morgan fingerprint density at radius 3 is 2.30 bits per heavy atom. The van der Waals surface area contributed by atoms with E-state index in [-0.39, 0.29) is 30.3 Å². The molecule has 2 unspecified atom stereocenters. The fraction of sp³-hybridized carbons (Fsp3) is 0.188. The molecule has 0 spiro atoms. The summed E-state index contributed by atoms with van der Waals surface area (Å²) in [6.45, 7) is -0.108. The molecule has 0 aliphatic heterocycles. The molecule has 1 amide bonds. The SMILES string of the molecule is N#Cc1cccc(CC(CO)C(CCc2ccccc2)NC(=O)c2ccc(-c3ccccc3F)cc2)c1. The summed E-state index contributed by atoms with van der Waals surface area (Å²) in [5, 5.41) is 22.7. The summed E-state index contributed by atoms with van der Waals surface area (Å²) >= 11 is 0. The van der Waals surface area contributed by atoms with Crippen LogP contribution in [0, 0.1) is 23.1 Å². The molecule has 0 heterocycles. The molecular weight excluding hydrogens is 463 g/mol. The van der Waals surface area contributed by atoms with Gasteiger partial charge in [-0.2, -0.15) is 5.26 Å². The molecule has 4 aromatic rings. The van der Waals surface area contributed by atoms with Crippen LogP contribution in [0.15, 0.2) is 103 Å². The van der Waals surface area contributed by atoms with Gasteiger partial charge in [0.05, 0.1) is 11.6 Å². The van der Waals surface area contributed by atoms with E-state index in [0.717, 1.165) is 17.5 Å². The fourth-order valence-corrected chi connectivity index (χ4v) is 4.55. The van der Waals surface area contributed by atoms with Crippen molar-refractivity contribution in [2.24, 2.45) is 5.92 Å². The quantitative estimate of drug-likeness (QED) is 0.287. The van der Waals surface area contributed by atoms with Crippen LogP contribution in [0.4, 0.5) is 4.39 Å². The second-order valence-corrected chi connectivity index (χ2v) is 9.12. The Morgan fingerprint density at radius 2 is 1.59 bits per heavy atom. The summed E-state index contributed by atoms with van der Waals surface area (Å²) in [7, 11) is 0. The Kier molecular flexibility index (Phi) is 8.80. The second-order valence-electron chi connectivity index (χ2n) is 9.12. The number of benzene rings is 4. The molecule has 0 aliphatic rings. The summed E-state index contributed by atoms with van der Waals surface area (Å²) < 4.78 is 14.2. The van der Waals surface area contributed by atoms with Crippen LogP contribution in [0.5, 0.6) is 0 Å². The smallest absolute Gasteiger partial charge is 0.251 e. The van der Waals surface area contributed by atoms with Crippen molar-refractivity contribution in [3.05, 3.63) is 131 Å². The van der Waals surface area contributed by atoms with Gasteiger partial charge >= 0.3 is 0 Å². The molecule has 0 fully saturated rings. The van der Waals surface area contributed by atoms with Crippen LogP contribution in [0.1, 0.15) is 33.5 Å². The van der Waals surface area contributed by atoms with E-state index < -0.39 is 0 Å². The first-order valence-corrected chi connectivity index (χ1v) is 12.4. The zero-order chi connectivity index (χ0) is 26.0. The molecule has 0 aliphatic carbocycles. The number of rotatable bonds is 10. The summed E-state index contributed by atoms with van der Waals surface area (Å²) in [6.07, 6.45) is 1.91. The number of carbonyl (C=O) groups excluding carboxylic acids is 1. The molecule has 186 valence electrons. The Balaban J connectivity index is 1.53. The Morgan fingerprint density at radius 1 is 0.892 bits per heavy atom. The monoisotopic (exact) mass is 492 g/mol. The van der Waals surface area contributed by atoms with Crippen molar-refractivity contribution in [3.63, 3.8) is 0 Å². The van der Waals surface area contributed by atoms with Crippen LogP contribution in [-0.2, 0) is 12.8 Å². The van der Waals surface area contributed by atoms with Gasteiger partial charge in [0.25, 0.3) is 5.91 Å². The van der Waals surface area contributed by atoms with Crippen molar-refractivity contribution in [2.45, 2.75) is 25.3 Å². The highest BCUT2D eigenvalue weighted by atomic mass is 19.1. The van der Waals surface area contributed by atoms with Gasteiger partial charge in [-0.1, -0.05) is 72.8 Å². The predicted molar refractivity (Wildman–Crippen MR) is 143 cm³/mol. The van der Waals surface area contributed by atoms with Crippen LogP contribution < -0.4 is 5.32 Å². The van der Waals surface area contributed by atoms with E-state index in [4.69, 9.17) is 0 Å². The Bertz CT molecular complexity index is 1360. The highest BCUT2D eigenvalue weighted by molar-refractivity contribution is 5.94. The molecule has 4 nitrogen and oxygen atoms in total. The average Bonchev–Trinajstić information content (AvgIpc) is 2.95. The van der Waals surface area contributed by atoms with Gasteiger partial charge in [-0.3, -0.25) is 4.79 Å². The van der Waals surface area contributed by atoms with Crippen molar-refractivity contribution in [1.29, 1.82) is 5.26 Å². The number of nitrogens with zero attached hydrogens (tertiary/aromatic N) is 1. The third kappa shape index (κ3) is 6.91. The molecule has 0 radical (unpaired) electrons. The summed E-state index contributed by atoms with van der Waals surface area (Å²) in [5.41, 5.74) is 4.29. The zero-order valence-corrected chi connectivity index (χ0v) is 20.5. The fourth-order valence-electron chi connectivity index (χ4n) is 4.55. The first-order chi connectivity index (χ1) is 18.1. The van der Waals surface area contributed by atoms with Crippen LogP contribution in [-0.4, -0.2) is 23.7 Å². The lowest BCUT2D eigenvalue weighted by atomic mass is 9.88. The number of nitriles is 1. The second kappa shape index (κ2) is 12.6. The van der Waals surface area contributed by atoms with E-state index in [1.54, 1.807) is 48.5 Å². The highest BCUT2D eigenvalue weighted by Gasteiger charge is 2.24. The van der Waals surface area contributed by atoms with Gasteiger partial charge in [0.1, 0.15) is 5.82 Å². The lowest BCUT2D eigenvalue weighted by Crippen LogP contribution is -2.43. The summed E-state index contributed by atoms with van der Waals surface area (Å²) in [4.78, 5) is 13.2. The van der Waals surface area contributed by atoms with Crippen molar-refractivity contribution in [1.82, 2.24) is 5.32 Å². The van der Waals surface area contributed by atoms with Crippen molar-refractivity contribution in [3.8, 4) is 17.2 Å². The standard InChI is InChI=1S/C32H29FN2O2/c33-30-12-5-4-11-29(30)26-14-16-27(17-15-26)32(37)35-31(18-13-23-7-2-1-3-8-23)28(22-36)20-24-9-6-10-25(19-24)21-34/h1-12,14-17,19,28,31,36H,13,18,20,22H2,(H,35,37). The van der Waals surface area contributed by atoms with Gasteiger partial charge in [-0.15, -0.1) is 0 Å². The van der Waals surface area contributed by atoms with E-state index in [1.165, 1.54) is 6.07 Å². The van der Waals surface area contributed by atoms with Gasteiger partial charge < -0.3 is 10.4 Å². The largest absolute Gasteiger partial charge is 0.396 e. The number of carbonyl (C=O) groups is 1. The predicted octanol–water partition coefficient (Wildman–Crippen LogP) is 5.95. The van der Waals surface area contributed by atoms with Crippen LogP contribution in [0.3, 0.4) is 0 Å². The molecule has 4 aromatic carbocycles. The summed E-state index contributed by atoms with van der Waals surface area (Å²) in [5.74, 6) is -0.798. The number of aliphatic hydroxyl groups excluding tert-OH is 1. The number of hydrogen-bond acceptors (Lipinski definition) is 3. The minimum atomic E-state index is -0.313. The maximum absolute atomic E-state index is 14.2. The number of hydrogen-bond donors (Lipinski definition) is 2. The van der Waals surface area contributed by atoms with E-state index >= 15 is 0 Å². The first-order valence-electron chi connectivity index (χ1n) is 12.4. The number of aliphatic hydroxyl groups is 1. The van der Waals surface area contributed by atoms with Crippen LogP contribution in [0.25, 0.3) is 11.1 Å². The van der Waals surface area contributed by atoms with Gasteiger partial charge in [0.2, 0.25) is 0 Å². The maximum Gasteiger partial charge on any atom is 0.251 e. The molecule has 0 saturated carbocycles. The number of amides is 1. The topological polar surface area (TPSA) is 73.1 Å². The average molecular weight is 493 g/mol. The maximum atomic E-state index is 14.2. The highest BCUT2D eigenvalue weighted by Crippen LogP contribution is 2.23. The third-order valence-electron chi connectivity index (χ3n) is 6.59. The normalized spacial score (nSPS) is 12.4. The zero-order valence-electron chi connectivity index (χ0n) is 20.5. The van der Waals surface area contributed by atoms with E-state index in [2.05, 4.69) is 11.4 Å². The van der Waals surface area contributed by atoms with Crippen molar-refractivity contribution < 1.29 is 14.3 Å². The van der Waals surface area contributed by atoms with Gasteiger partial charge in [-0.25, -0.2) is 4.39 Å². The van der Waals surface area contributed by atoms with E-state index in [1.807, 2.05) is 48.5 Å². The van der Waals surface area contributed by atoms with Gasteiger partial charge in [-0.05, 0) is 66.3 Å². The molecule has 2 N–H and O–H groups in total. The lowest BCUT2D eigenvalue weighted by molar-refractivity contribution is 0.0898. The molecule has 0 aromatic heterocycles. The summed E-state index contributed by atoms with van der Waals surface area (Å²) in [6, 6.07) is 32.6. The number of aryl methyl sites for hydroxylation is 1. The van der Waals surface area contributed by atoms with E-state index in [0.29, 0.717) is 35.1 Å². The van der Waals surface area contributed by atoms with Gasteiger partial charge in [0, 0.05) is 29.7 Å². The molecule has 0 bridgehead atoms. The molecular formula is C32H29FN2O2. The molecule has 2 atom stereocenters. The number of nitrogens with one attached hydrogen (secondary N) is 1. The van der Waals surface area contributed by atoms with Crippen LogP contribution in [0.2, 0.25) is 0 Å². The van der Waals surface area contributed by atoms with E-state index in [9.17, 15) is 19.6 Å². The molecule has 4 rings (SSSR count). The third-order valence-corrected chi connectivity index (χ3v) is 6.59. The molecule has 0 saturated heterocycles. The number of halogens is 1. The minimum Gasteiger partial charge on any atom is -0.396 e. The Labute approximate surface area is 217 Å².